The molecule has 4 aromatic rings. The number of guanidine groups is 1. The van der Waals surface area contributed by atoms with Crippen LogP contribution in [0.4, 0.5) is 22.7 Å². The van der Waals surface area contributed by atoms with Crippen molar-refractivity contribution in [2.75, 3.05) is 34.4 Å². The largest absolute Gasteiger partial charge is 0.370 e. The number of nitrogens with zero attached hydrogens (tertiary/aromatic N) is 5. The molecule has 5 amide bonds. The maximum absolute atomic E-state index is 13.3. The number of rotatable bonds is 12. The maximum Gasteiger partial charge on any atom is 0.274 e. The van der Waals surface area contributed by atoms with E-state index in [9.17, 15) is 24.0 Å². The molecule has 0 saturated carbocycles. The number of hydrogen-bond donors (Lipinski definition) is 7. The van der Waals surface area contributed by atoms with Crippen molar-refractivity contribution in [2.24, 2.45) is 44.7 Å². The van der Waals surface area contributed by atoms with E-state index in [1.54, 1.807) is 72.7 Å². The number of carbonyl (C=O) groups excluding carboxylic acids is 5. The Kier molecular flexibility index (Phi) is 12.2. The molecule has 9 N–H and O–H groups in total. The standard InChI is InChI=1S/C30H35BrN12O5.ClH/c1-16(31)25(44)36-17-11-22(42(4)13-17)27(46)37-18-12-23(43(5)14-18)28(47)39-20-6-9-40(2)24(20)29(48)38-19-10-21(41(3)15-19)26(45)34-7-8-35-30(32)33;/h6,9-15H,1,7-8H2,2-5H3,(H,34,45)(H,36,44)(H,37,46)(H,38,48)(H,39,47)(H4,32,33,35);1H. The van der Waals surface area contributed by atoms with Gasteiger partial charge in [0.1, 0.15) is 22.8 Å². The number of anilines is 4. The van der Waals surface area contributed by atoms with Crippen molar-refractivity contribution < 1.29 is 24.0 Å². The Labute approximate surface area is 295 Å². The molecule has 0 radical (unpaired) electrons. The van der Waals surface area contributed by atoms with Crippen LogP contribution in [0.5, 0.6) is 0 Å². The molecule has 19 heteroatoms. The third-order valence-corrected chi connectivity index (χ3v) is 7.32. The highest BCUT2D eigenvalue weighted by molar-refractivity contribution is 9.12. The summed E-state index contributed by atoms with van der Waals surface area (Å²) < 4.78 is 6.32. The van der Waals surface area contributed by atoms with Crippen molar-refractivity contribution in [1.29, 1.82) is 0 Å². The number of aryl methyl sites for hydroxylation is 4. The fourth-order valence-electron chi connectivity index (χ4n) is 4.70. The van der Waals surface area contributed by atoms with Crippen LogP contribution < -0.4 is 38.1 Å². The fourth-order valence-corrected chi connectivity index (χ4v) is 4.80. The number of aromatic nitrogens is 4. The van der Waals surface area contributed by atoms with Gasteiger partial charge in [-0.05, 0) is 40.2 Å². The van der Waals surface area contributed by atoms with Crippen LogP contribution in [0.15, 0.2) is 65.1 Å². The van der Waals surface area contributed by atoms with Gasteiger partial charge in [0.05, 0.1) is 33.8 Å². The summed E-state index contributed by atoms with van der Waals surface area (Å²) in [4.78, 5) is 68.0. The number of nitrogens with two attached hydrogens (primary N) is 2. The average Bonchev–Trinajstić information content (AvgIpc) is 3.76. The zero-order valence-electron chi connectivity index (χ0n) is 27.0. The summed E-state index contributed by atoms with van der Waals surface area (Å²) in [5, 5.41) is 13.6. The summed E-state index contributed by atoms with van der Waals surface area (Å²) in [5.74, 6) is -2.43. The molecule has 4 heterocycles. The number of aliphatic imine (C=N–C) groups is 1. The molecule has 0 aromatic carbocycles. The quantitative estimate of drug-likeness (QED) is 0.0492. The van der Waals surface area contributed by atoms with Gasteiger partial charge >= 0.3 is 0 Å². The third-order valence-electron chi connectivity index (χ3n) is 6.96. The minimum atomic E-state index is -0.531. The second-order valence-corrected chi connectivity index (χ2v) is 11.6. The Morgan fingerprint density at radius 1 is 0.735 bits per heavy atom. The summed E-state index contributed by atoms with van der Waals surface area (Å²) in [5.41, 5.74) is 12.9. The Bertz CT molecular complexity index is 1960. The van der Waals surface area contributed by atoms with Gasteiger partial charge < -0.3 is 56.3 Å². The number of hydrogen-bond acceptors (Lipinski definition) is 6. The minimum Gasteiger partial charge on any atom is -0.370 e. The second kappa shape index (κ2) is 15.9. The van der Waals surface area contributed by atoms with E-state index in [-0.39, 0.29) is 64.6 Å². The molecule has 0 aliphatic carbocycles. The first kappa shape index (κ1) is 37.7. The average molecular weight is 760 g/mol. The third kappa shape index (κ3) is 9.20. The highest BCUT2D eigenvalue weighted by atomic mass is 79.9. The number of carbonyl (C=O) groups is 5. The van der Waals surface area contributed by atoms with Crippen LogP contribution in [0.3, 0.4) is 0 Å². The molecule has 0 atom stereocenters. The van der Waals surface area contributed by atoms with Gasteiger partial charge in [0.25, 0.3) is 29.5 Å². The van der Waals surface area contributed by atoms with E-state index < -0.39 is 23.6 Å². The number of halogens is 2. The molecule has 0 bridgehead atoms. The van der Waals surface area contributed by atoms with Gasteiger partial charge in [0, 0.05) is 59.5 Å². The topological polar surface area (TPSA) is 230 Å². The molecular weight excluding hydrogens is 724 g/mol. The van der Waals surface area contributed by atoms with Crippen LogP contribution >= 0.6 is 28.3 Å². The van der Waals surface area contributed by atoms with Gasteiger partial charge in [0.15, 0.2) is 5.96 Å². The molecule has 4 aromatic heterocycles. The van der Waals surface area contributed by atoms with Crippen molar-refractivity contribution in [3.8, 4) is 0 Å². The lowest BCUT2D eigenvalue weighted by molar-refractivity contribution is -0.112. The summed E-state index contributed by atoms with van der Waals surface area (Å²) in [6.45, 7) is 3.95. The lowest BCUT2D eigenvalue weighted by Gasteiger charge is -2.09. The molecule has 49 heavy (non-hydrogen) atoms. The molecule has 0 spiro atoms. The molecule has 0 fully saturated rings. The van der Waals surface area contributed by atoms with E-state index in [4.69, 9.17) is 11.5 Å². The van der Waals surface area contributed by atoms with Crippen LogP contribution in [0.25, 0.3) is 0 Å². The molecule has 0 unspecified atom stereocenters. The molecule has 0 saturated heterocycles. The van der Waals surface area contributed by atoms with Crippen LogP contribution in [0, 0.1) is 0 Å². The summed E-state index contributed by atoms with van der Waals surface area (Å²) in [6.07, 6.45) is 6.34. The monoisotopic (exact) mass is 758 g/mol. The van der Waals surface area contributed by atoms with Gasteiger partial charge in [-0.3, -0.25) is 29.0 Å². The van der Waals surface area contributed by atoms with Crippen LogP contribution in [-0.4, -0.2) is 66.9 Å². The van der Waals surface area contributed by atoms with Gasteiger partial charge in [-0.1, -0.05) is 6.58 Å². The highest BCUT2D eigenvalue weighted by Gasteiger charge is 2.22. The van der Waals surface area contributed by atoms with Crippen LogP contribution in [0.2, 0.25) is 0 Å². The predicted octanol–water partition coefficient (Wildman–Crippen LogP) is 2.07. The summed E-state index contributed by atoms with van der Waals surface area (Å²) in [6, 6.07) is 6.09. The summed E-state index contributed by atoms with van der Waals surface area (Å²) >= 11 is 3.01. The first-order chi connectivity index (χ1) is 22.6. The van der Waals surface area contributed by atoms with E-state index in [1.165, 1.54) is 22.8 Å². The van der Waals surface area contributed by atoms with Gasteiger partial charge in [-0.2, -0.15) is 0 Å². The summed E-state index contributed by atoms with van der Waals surface area (Å²) in [7, 11) is 6.59. The Hall–Kier alpha value is -5.75. The molecule has 260 valence electrons. The van der Waals surface area contributed by atoms with Crippen molar-refractivity contribution >= 4 is 86.6 Å². The van der Waals surface area contributed by atoms with Crippen LogP contribution in [-0.2, 0) is 33.0 Å². The number of amides is 5. The van der Waals surface area contributed by atoms with E-state index in [0.29, 0.717) is 22.8 Å². The highest BCUT2D eigenvalue weighted by Crippen LogP contribution is 2.23. The Morgan fingerprint density at radius 3 is 1.71 bits per heavy atom. The van der Waals surface area contributed by atoms with E-state index in [0.717, 1.165) is 0 Å². The van der Waals surface area contributed by atoms with Crippen molar-refractivity contribution in [3.63, 3.8) is 0 Å². The minimum absolute atomic E-state index is 0. The van der Waals surface area contributed by atoms with Gasteiger partial charge in [-0.15, -0.1) is 12.4 Å². The maximum atomic E-state index is 13.3. The first-order valence-electron chi connectivity index (χ1n) is 14.2. The zero-order chi connectivity index (χ0) is 35.3. The molecule has 0 aliphatic rings. The predicted molar refractivity (Wildman–Crippen MR) is 192 cm³/mol. The second-order valence-electron chi connectivity index (χ2n) is 10.6. The zero-order valence-corrected chi connectivity index (χ0v) is 29.4. The lowest BCUT2D eigenvalue weighted by atomic mass is 10.3. The van der Waals surface area contributed by atoms with Gasteiger partial charge in [-0.25, -0.2) is 0 Å². The van der Waals surface area contributed by atoms with Crippen molar-refractivity contribution in [2.45, 2.75) is 0 Å². The van der Waals surface area contributed by atoms with Crippen LogP contribution in [0.1, 0.15) is 42.0 Å². The van der Waals surface area contributed by atoms with E-state index in [1.807, 2.05) is 0 Å². The van der Waals surface area contributed by atoms with Crippen molar-refractivity contribution in [1.82, 2.24) is 23.6 Å². The Balaban J connectivity index is 0.00000650. The van der Waals surface area contributed by atoms with Crippen molar-refractivity contribution in [3.05, 3.63) is 82.9 Å². The Morgan fingerprint density at radius 2 is 1.20 bits per heavy atom. The fraction of sp³-hybridized carbons (Fsp3) is 0.200. The molecular formula is C30H36BrClN12O5. The number of nitrogens with one attached hydrogen (secondary N) is 5. The first-order valence-corrected chi connectivity index (χ1v) is 15.0. The van der Waals surface area contributed by atoms with Gasteiger partial charge in [0.2, 0.25) is 0 Å². The van der Waals surface area contributed by atoms with E-state index in [2.05, 4.69) is 54.1 Å². The smallest absolute Gasteiger partial charge is 0.274 e. The SMILES string of the molecule is C=C(Br)C(=O)Nc1cc(C(=O)Nc2cc(C(=O)Nc3ccn(C)c3C(=O)Nc3cc(C(=O)NCCN=C(N)N)n(C)c3)n(C)c2)n(C)c1.Cl. The molecule has 17 nitrogen and oxygen atoms in total. The molecule has 0 aliphatic heterocycles. The lowest BCUT2D eigenvalue weighted by Crippen LogP contribution is -2.29. The molecule has 4 rings (SSSR count). The van der Waals surface area contributed by atoms with E-state index >= 15 is 0 Å². The normalized spacial score (nSPS) is 10.4.